The molecule has 9 aliphatic rings. The number of Topliss-reactive ketones (excluding diaryl/α,β-unsaturated/α-hetero) is 1. The number of hydrogen-bond acceptors (Lipinski definition) is 22. The van der Waals surface area contributed by atoms with Crippen LogP contribution in [0.25, 0.3) is 0 Å². The van der Waals surface area contributed by atoms with Gasteiger partial charge in [-0.1, -0.05) is 62.3 Å². The first-order chi connectivity index (χ1) is 49.1. The third-order valence-electron chi connectivity index (χ3n) is 21.2. The predicted octanol–water partition coefficient (Wildman–Crippen LogP) is 2.11. The number of fused-ring (bicyclic) bond motifs is 7. The first kappa shape index (κ1) is 76.5. The number of nitrogens with one attached hydrogen (secondary N) is 6. The molecule has 2 aromatic rings. The van der Waals surface area contributed by atoms with Gasteiger partial charge in [0, 0.05) is 114 Å². The number of carbonyl (C=O) groups excluding carboxylic acids is 7. The van der Waals surface area contributed by atoms with Crippen LogP contribution in [0.2, 0.25) is 0 Å². The van der Waals surface area contributed by atoms with Crippen molar-refractivity contribution in [3.8, 4) is 11.8 Å². The van der Waals surface area contributed by atoms with E-state index in [1.807, 2.05) is 0 Å². The molecular formula is C73H100N8O20S. The first-order valence-electron chi connectivity index (χ1n) is 36.1. The topological polar surface area (TPSA) is 364 Å². The Hall–Kier alpha value is -6.66. The maximum atomic E-state index is 14.6. The predicted molar refractivity (Wildman–Crippen MR) is 365 cm³/mol. The Bertz CT molecular complexity index is 3490. The Morgan fingerprint density at radius 1 is 0.716 bits per heavy atom. The number of nitrogens with zero attached hydrogens (tertiary/aromatic N) is 2. The van der Waals surface area contributed by atoms with Crippen LogP contribution in [0, 0.1) is 35.5 Å². The third-order valence-corrected chi connectivity index (χ3v) is 22.1. The number of aliphatic hydroxyl groups is 1. The molecule has 558 valence electrons. The number of rotatable bonds is 27. The molecule has 1 spiro atoms. The molecule has 8 saturated heterocycles. The summed E-state index contributed by atoms with van der Waals surface area (Å²) in [6, 6.07) is 7.70. The molecule has 29 heteroatoms. The molecular weight excluding hydrogens is 1340 g/mol. The lowest BCUT2D eigenvalue weighted by atomic mass is 9.58. The second-order valence-corrected chi connectivity index (χ2v) is 30.6. The van der Waals surface area contributed by atoms with Gasteiger partial charge in [0.05, 0.1) is 124 Å². The molecule has 102 heavy (non-hydrogen) atoms. The molecule has 1 saturated carbocycles. The summed E-state index contributed by atoms with van der Waals surface area (Å²) in [6.07, 6.45) is 9.07. The number of hydrogen-bond donors (Lipinski definition) is 7. The normalized spacial score (nSPS) is 32.4. The molecule has 28 nitrogen and oxygen atoms in total. The maximum absolute atomic E-state index is 14.6. The van der Waals surface area contributed by atoms with E-state index >= 15 is 0 Å². The molecule has 20 atom stereocenters. The molecule has 9 heterocycles. The summed E-state index contributed by atoms with van der Waals surface area (Å²) in [7, 11) is -1.93. The van der Waals surface area contributed by atoms with Gasteiger partial charge in [-0.25, -0.2) is 18.4 Å². The van der Waals surface area contributed by atoms with E-state index in [-0.39, 0.29) is 161 Å². The van der Waals surface area contributed by atoms with Crippen molar-refractivity contribution in [2.75, 3.05) is 72.5 Å². The van der Waals surface area contributed by atoms with Crippen LogP contribution in [-0.2, 0) is 97.2 Å². The van der Waals surface area contributed by atoms with Gasteiger partial charge < -0.3 is 84.4 Å². The van der Waals surface area contributed by atoms with E-state index in [1.165, 1.54) is 12.4 Å². The zero-order valence-corrected chi connectivity index (χ0v) is 59.3. The number of aliphatic hydroxyl groups excluding tert-OH is 1. The Balaban J connectivity index is 0.606. The van der Waals surface area contributed by atoms with Crippen LogP contribution >= 0.6 is 0 Å². The van der Waals surface area contributed by atoms with Crippen LogP contribution in [0.1, 0.15) is 127 Å². The number of ether oxygens (including phenoxy) is 10. The number of amides is 6. The van der Waals surface area contributed by atoms with Crippen molar-refractivity contribution < 1.29 is 94.5 Å². The molecule has 2 unspecified atom stereocenters. The van der Waals surface area contributed by atoms with Crippen LogP contribution in [0.3, 0.4) is 0 Å². The minimum atomic E-state index is -3.51. The summed E-state index contributed by atoms with van der Waals surface area (Å²) in [6.45, 7) is 9.67. The number of carbonyl (C=O) groups is 7. The van der Waals surface area contributed by atoms with Gasteiger partial charge in [-0.3, -0.25) is 33.6 Å². The minimum absolute atomic E-state index is 0.00680. The van der Waals surface area contributed by atoms with E-state index in [9.17, 15) is 47.1 Å². The highest BCUT2D eigenvalue weighted by Crippen LogP contribution is 2.60. The second kappa shape index (κ2) is 35.4. The quantitative estimate of drug-likeness (QED) is 0.0291. The van der Waals surface area contributed by atoms with E-state index in [1.54, 1.807) is 37.4 Å². The summed E-state index contributed by atoms with van der Waals surface area (Å²) in [4.78, 5) is 99.6. The molecule has 1 aliphatic carbocycles. The molecule has 9 bridgehead atoms. The molecule has 6 amide bonds. The minimum Gasteiger partial charge on any atom is -0.391 e. The molecule has 1 aromatic heterocycles. The fraction of sp³-hybridized carbons (Fsp3) is 0.685. The summed E-state index contributed by atoms with van der Waals surface area (Å²) in [5.74, 6) is 1.65. The molecule has 7 N–H and O–H groups in total. The molecule has 0 radical (unpaired) electrons. The molecule has 9 fully saturated rings. The lowest BCUT2D eigenvalue weighted by Gasteiger charge is -2.68. The Morgan fingerprint density at radius 2 is 1.43 bits per heavy atom. The lowest BCUT2D eigenvalue weighted by Crippen LogP contribution is -2.78. The van der Waals surface area contributed by atoms with Crippen molar-refractivity contribution in [3.05, 3.63) is 78.2 Å². The van der Waals surface area contributed by atoms with Gasteiger partial charge in [0.2, 0.25) is 50.4 Å². The standard InChI is InChI=1S/C73H100N8O20S/c1-42-28-49-16-18-55-43(2)29-51(95-55)20-22-73-23-21-52-67-65(68(52)100-73)70(101-73)69-56(99-67)19-17-50(97-69)31-47(82)32-53-58(34-57(96-49)44(42)3)98-59(66(53)92-4)33-48(83)37-75-62(86)39-78-71(89)54(30-45-12-8-6-9-13-45)81-63(87)40-76-61(85)38-77-64(88)41-94-27-26-93-25-24-74-60(84)15-11-7-10-14-46-35-79-72(80-36-46)102(5,90)91/h6,8-9,12-13,35-36,42,48-59,65-70,83H,2-3,7,11,15-34,37-41H2,1,4-5H3,(H,74,84)(H,75,86)(H,76,85)(H,77,88)(H,78,89)(H,81,87)/t42-,48+,49+,50-,51+,52+,53+,54+,55+,56+,57-,58+,59-,65+,66-,67?,68?,69+,70-,73+/m1/s1. The van der Waals surface area contributed by atoms with Crippen LogP contribution in [0.4, 0.5) is 0 Å². The van der Waals surface area contributed by atoms with Crippen molar-refractivity contribution in [2.45, 2.75) is 225 Å². The highest BCUT2D eigenvalue weighted by Gasteiger charge is 2.70. The van der Waals surface area contributed by atoms with Gasteiger partial charge in [0.15, 0.2) is 5.79 Å². The first-order valence-corrected chi connectivity index (χ1v) is 38.0. The highest BCUT2D eigenvalue weighted by molar-refractivity contribution is 7.90. The van der Waals surface area contributed by atoms with Gasteiger partial charge in [0.1, 0.15) is 24.5 Å². The Labute approximate surface area is 595 Å². The van der Waals surface area contributed by atoms with Crippen molar-refractivity contribution in [1.82, 2.24) is 41.9 Å². The number of sulfone groups is 1. The number of ketones is 1. The zero-order valence-electron chi connectivity index (χ0n) is 58.5. The smallest absolute Gasteiger partial charge is 0.246 e. The van der Waals surface area contributed by atoms with Crippen LogP contribution in [-0.4, -0.2) is 235 Å². The van der Waals surface area contributed by atoms with Crippen molar-refractivity contribution in [1.29, 1.82) is 0 Å². The van der Waals surface area contributed by atoms with Gasteiger partial charge in [-0.2, -0.15) is 0 Å². The molecule has 8 aliphatic heterocycles. The monoisotopic (exact) mass is 1440 g/mol. The largest absolute Gasteiger partial charge is 0.391 e. The molecule has 11 rings (SSSR count). The highest BCUT2D eigenvalue weighted by atomic mass is 32.2. The summed E-state index contributed by atoms with van der Waals surface area (Å²) in [5, 5.41) is 26.8. The molecule has 1 aromatic carbocycles. The van der Waals surface area contributed by atoms with E-state index in [4.69, 9.17) is 47.4 Å². The van der Waals surface area contributed by atoms with Gasteiger partial charge in [-0.05, 0) is 80.4 Å². The average molecular weight is 1440 g/mol. The number of aromatic nitrogens is 2. The SMILES string of the molecule is C=C1C[C@@H]2CC[C@@]34CC[C@H]5C6O[C@H]7CC[C@H](CC(=O)C[C@@H]8[C@@H](OC)[C@@H](C[C@H](O)CNC(=O)CNC(=O)[C@H](Cc9ccccc9)NC(=O)CNC(=O)CNC(=O)COCCOCCNC(=O)CCCC#Cc9cnc(S(C)(=O)=O)nc9)O[C@H]8C[C@H]8O[C@@H](CC[C@@H]1O2)C[C@@H](C)C8=C)O[C@@H]7[C@H](O3)[C@@H]6C5O4. The van der Waals surface area contributed by atoms with E-state index in [0.717, 1.165) is 75.2 Å². The van der Waals surface area contributed by atoms with Gasteiger partial charge >= 0.3 is 0 Å². The van der Waals surface area contributed by atoms with Crippen molar-refractivity contribution >= 4 is 51.1 Å². The van der Waals surface area contributed by atoms with E-state index < -0.39 is 101 Å². The van der Waals surface area contributed by atoms with Crippen molar-refractivity contribution in [3.63, 3.8) is 0 Å². The summed E-state index contributed by atoms with van der Waals surface area (Å²) in [5.41, 5.74) is 3.21. The number of methoxy groups -OCH3 is 1. The zero-order chi connectivity index (χ0) is 72.1. The number of unbranched alkanes of at least 4 members (excludes halogenated alkanes) is 1. The van der Waals surface area contributed by atoms with Gasteiger partial charge in [-0.15, -0.1) is 0 Å². The fourth-order valence-electron chi connectivity index (χ4n) is 16.0. The van der Waals surface area contributed by atoms with Crippen LogP contribution < -0.4 is 31.9 Å². The Morgan fingerprint density at radius 3 is 2.23 bits per heavy atom. The Kier molecular flexibility index (Phi) is 26.6. The summed E-state index contributed by atoms with van der Waals surface area (Å²) < 4.78 is 88.2. The second-order valence-electron chi connectivity index (χ2n) is 28.7. The lowest BCUT2D eigenvalue weighted by molar-refractivity contribution is -0.459. The van der Waals surface area contributed by atoms with E-state index in [2.05, 4.69) is 73.8 Å². The number of benzene rings is 1. The fourth-order valence-corrected chi connectivity index (χ4v) is 16.5. The van der Waals surface area contributed by atoms with Gasteiger partial charge in [0.25, 0.3) is 0 Å². The average Bonchev–Trinajstić information content (AvgIpc) is 0.755. The summed E-state index contributed by atoms with van der Waals surface area (Å²) >= 11 is 0. The van der Waals surface area contributed by atoms with E-state index in [0.29, 0.717) is 42.7 Å². The van der Waals surface area contributed by atoms with Crippen molar-refractivity contribution in [2.24, 2.45) is 23.7 Å². The third kappa shape index (κ3) is 20.2. The van der Waals surface area contributed by atoms with Crippen LogP contribution in [0.15, 0.2) is 72.2 Å². The van der Waals surface area contributed by atoms with Crippen LogP contribution in [0.5, 0.6) is 0 Å². The maximum Gasteiger partial charge on any atom is 0.246 e.